The number of para-hydroxylation sites is 1. The summed E-state index contributed by atoms with van der Waals surface area (Å²) in [4.78, 5) is 15.5. The quantitative estimate of drug-likeness (QED) is 0.192. The SMILES string of the molecule is CC1(C)c2ccccc2-c2c1c1c(c3ccccc3n1-c1nc(-c3ccccc3)nc(-c3ccc(C#N)cc3)n1)c1sc3ccccc3c21. The first-order valence-electron chi connectivity index (χ1n) is 16.4. The van der Waals surface area contributed by atoms with Crippen molar-refractivity contribution >= 4 is 53.3 Å². The highest BCUT2D eigenvalue weighted by Crippen LogP contribution is 2.58. The highest BCUT2D eigenvalue weighted by Gasteiger charge is 2.41. The van der Waals surface area contributed by atoms with Gasteiger partial charge in [0, 0.05) is 47.5 Å². The molecule has 0 aliphatic heterocycles. The Hall–Kier alpha value is -6.16. The number of hydrogen-bond donors (Lipinski definition) is 0. The van der Waals surface area contributed by atoms with Gasteiger partial charge in [-0.1, -0.05) is 105 Å². The van der Waals surface area contributed by atoms with Crippen LogP contribution >= 0.6 is 11.3 Å². The van der Waals surface area contributed by atoms with E-state index in [4.69, 9.17) is 15.0 Å². The van der Waals surface area contributed by atoms with Gasteiger partial charge in [-0.05, 0) is 58.7 Å². The number of fused-ring (bicyclic) bond motifs is 12. The van der Waals surface area contributed by atoms with E-state index in [-0.39, 0.29) is 5.41 Å². The fourth-order valence-electron chi connectivity index (χ4n) is 7.89. The molecular formula is C43H27N5S. The normalized spacial score (nSPS) is 13.2. The Balaban J connectivity index is 1.41. The van der Waals surface area contributed by atoms with Crippen molar-refractivity contribution in [1.82, 2.24) is 19.5 Å². The number of benzene rings is 6. The van der Waals surface area contributed by atoms with Crippen LogP contribution in [-0.2, 0) is 5.41 Å². The van der Waals surface area contributed by atoms with E-state index in [9.17, 15) is 5.26 Å². The molecule has 3 heterocycles. The lowest BCUT2D eigenvalue weighted by Gasteiger charge is -2.24. The molecule has 0 radical (unpaired) electrons. The zero-order valence-corrected chi connectivity index (χ0v) is 27.6. The minimum Gasteiger partial charge on any atom is -0.277 e. The van der Waals surface area contributed by atoms with Gasteiger partial charge in [0.2, 0.25) is 5.95 Å². The fraction of sp³-hybridized carbons (Fsp3) is 0.0698. The second kappa shape index (κ2) is 10.2. The van der Waals surface area contributed by atoms with E-state index in [1.165, 1.54) is 53.2 Å². The van der Waals surface area contributed by atoms with Crippen molar-refractivity contribution in [3.63, 3.8) is 0 Å². The number of rotatable bonds is 3. The molecule has 0 spiro atoms. The molecule has 0 bridgehead atoms. The smallest absolute Gasteiger partial charge is 0.238 e. The van der Waals surface area contributed by atoms with Crippen molar-refractivity contribution in [2.24, 2.45) is 0 Å². The fourth-order valence-corrected chi connectivity index (χ4v) is 9.16. The Kier molecular flexibility index (Phi) is 5.79. The second-order valence-electron chi connectivity index (χ2n) is 13.1. The second-order valence-corrected chi connectivity index (χ2v) is 14.2. The molecule has 6 heteroatoms. The summed E-state index contributed by atoms with van der Waals surface area (Å²) in [5.74, 6) is 1.72. The minimum atomic E-state index is -0.293. The van der Waals surface area contributed by atoms with Gasteiger partial charge in [0.1, 0.15) is 0 Å². The number of thiophene rings is 1. The minimum absolute atomic E-state index is 0.293. The average molecular weight is 646 g/mol. The van der Waals surface area contributed by atoms with Crippen molar-refractivity contribution < 1.29 is 0 Å². The lowest BCUT2D eigenvalue weighted by molar-refractivity contribution is 0.663. The Morgan fingerprint density at radius 1 is 0.653 bits per heavy atom. The standard InChI is InChI=1S/C43H27N5S/c1-43(2)31-17-9-6-14-28(31)34-35-30-16-8-11-19-33(30)49-39(35)36-29-15-7-10-18-32(29)48(38(36)37(34)43)42-46-40(26-12-4-3-5-13-26)45-41(47-42)27-22-20-25(24-44)21-23-27/h3-23H,1-2H3. The van der Waals surface area contributed by atoms with E-state index >= 15 is 0 Å². The lowest BCUT2D eigenvalue weighted by atomic mass is 9.81. The topological polar surface area (TPSA) is 67.4 Å². The third kappa shape index (κ3) is 3.88. The molecule has 0 N–H and O–H groups in total. The van der Waals surface area contributed by atoms with Crippen molar-refractivity contribution in [2.45, 2.75) is 19.3 Å². The van der Waals surface area contributed by atoms with Gasteiger partial charge in [0.25, 0.3) is 0 Å². The number of aromatic nitrogens is 4. The van der Waals surface area contributed by atoms with Crippen molar-refractivity contribution in [3.05, 3.63) is 144 Å². The maximum Gasteiger partial charge on any atom is 0.238 e. The summed E-state index contributed by atoms with van der Waals surface area (Å²) in [6.07, 6.45) is 0. The summed E-state index contributed by atoms with van der Waals surface area (Å²) < 4.78 is 4.84. The van der Waals surface area contributed by atoms with E-state index < -0.39 is 0 Å². The first-order valence-corrected chi connectivity index (χ1v) is 17.2. The molecule has 9 aromatic rings. The first kappa shape index (κ1) is 27.9. The summed E-state index contributed by atoms with van der Waals surface area (Å²) in [6, 6.07) is 46.1. The molecular weight excluding hydrogens is 619 g/mol. The number of nitrogens with zero attached hydrogens (tertiary/aromatic N) is 5. The third-order valence-electron chi connectivity index (χ3n) is 10.1. The molecule has 230 valence electrons. The van der Waals surface area contributed by atoms with Crippen LogP contribution in [0.1, 0.15) is 30.5 Å². The molecule has 5 nitrogen and oxygen atoms in total. The van der Waals surface area contributed by atoms with E-state index in [0.717, 1.165) is 22.2 Å². The zero-order valence-electron chi connectivity index (χ0n) is 26.8. The van der Waals surface area contributed by atoms with E-state index in [2.05, 4.69) is 97.3 Å². The molecule has 10 rings (SSSR count). The van der Waals surface area contributed by atoms with Crippen LogP contribution in [0.15, 0.2) is 127 Å². The van der Waals surface area contributed by atoms with E-state index in [1.54, 1.807) is 0 Å². The van der Waals surface area contributed by atoms with Crippen LogP contribution in [0.3, 0.4) is 0 Å². The van der Waals surface area contributed by atoms with Gasteiger partial charge in [-0.15, -0.1) is 11.3 Å². The van der Waals surface area contributed by atoms with Gasteiger partial charge in [-0.3, -0.25) is 4.57 Å². The highest BCUT2D eigenvalue weighted by molar-refractivity contribution is 7.27. The van der Waals surface area contributed by atoms with Gasteiger partial charge >= 0.3 is 0 Å². The highest BCUT2D eigenvalue weighted by atomic mass is 32.1. The molecule has 0 fully saturated rings. The predicted octanol–water partition coefficient (Wildman–Crippen LogP) is 10.8. The molecule has 0 amide bonds. The monoisotopic (exact) mass is 645 g/mol. The average Bonchev–Trinajstić information content (AvgIpc) is 3.78. The Morgan fingerprint density at radius 3 is 2.08 bits per heavy atom. The van der Waals surface area contributed by atoms with Gasteiger partial charge in [0.05, 0.1) is 22.7 Å². The summed E-state index contributed by atoms with van der Waals surface area (Å²) >= 11 is 1.87. The van der Waals surface area contributed by atoms with Crippen LogP contribution in [0.5, 0.6) is 0 Å². The summed E-state index contributed by atoms with van der Waals surface area (Å²) in [7, 11) is 0. The van der Waals surface area contributed by atoms with E-state index in [1.807, 2.05) is 65.9 Å². The first-order chi connectivity index (χ1) is 24.0. The maximum absolute atomic E-state index is 9.47. The Labute approximate surface area is 286 Å². The molecule has 0 saturated heterocycles. The van der Waals surface area contributed by atoms with Crippen LogP contribution in [0.25, 0.3) is 81.8 Å². The van der Waals surface area contributed by atoms with Crippen LogP contribution in [-0.4, -0.2) is 19.5 Å². The van der Waals surface area contributed by atoms with Crippen LogP contribution in [0.4, 0.5) is 0 Å². The van der Waals surface area contributed by atoms with Crippen molar-refractivity contribution in [3.8, 4) is 45.9 Å². The Bertz CT molecular complexity index is 2850. The number of hydrogen-bond acceptors (Lipinski definition) is 5. The largest absolute Gasteiger partial charge is 0.277 e. The van der Waals surface area contributed by atoms with Crippen molar-refractivity contribution in [1.29, 1.82) is 5.26 Å². The lowest BCUT2D eigenvalue weighted by Crippen LogP contribution is -2.17. The molecule has 0 saturated carbocycles. The van der Waals surface area contributed by atoms with Crippen LogP contribution < -0.4 is 0 Å². The molecule has 1 aliphatic rings. The molecule has 1 aliphatic carbocycles. The van der Waals surface area contributed by atoms with Gasteiger partial charge < -0.3 is 0 Å². The van der Waals surface area contributed by atoms with Gasteiger partial charge in [-0.25, -0.2) is 4.98 Å². The summed E-state index contributed by atoms with van der Waals surface area (Å²) in [6.45, 7) is 4.70. The molecule has 0 unspecified atom stereocenters. The third-order valence-corrected chi connectivity index (χ3v) is 11.2. The molecule has 0 atom stereocenters. The van der Waals surface area contributed by atoms with Crippen LogP contribution in [0.2, 0.25) is 0 Å². The molecule has 49 heavy (non-hydrogen) atoms. The predicted molar refractivity (Wildman–Crippen MR) is 200 cm³/mol. The van der Waals surface area contributed by atoms with E-state index in [0.29, 0.717) is 23.2 Å². The summed E-state index contributed by atoms with van der Waals surface area (Å²) in [5, 5.41) is 14.5. The summed E-state index contributed by atoms with van der Waals surface area (Å²) in [5.41, 5.74) is 9.41. The van der Waals surface area contributed by atoms with Crippen LogP contribution in [0, 0.1) is 11.3 Å². The maximum atomic E-state index is 9.47. The van der Waals surface area contributed by atoms with Crippen molar-refractivity contribution in [2.75, 3.05) is 0 Å². The Morgan fingerprint density at radius 2 is 1.31 bits per heavy atom. The van der Waals surface area contributed by atoms with Gasteiger partial charge in [-0.2, -0.15) is 15.2 Å². The van der Waals surface area contributed by atoms with Gasteiger partial charge in [0.15, 0.2) is 11.6 Å². The molecule has 3 aromatic heterocycles. The molecule has 6 aromatic carbocycles. The zero-order chi connectivity index (χ0) is 32.9. The number of nitriles is 1.